The largest absolute Gasteiger partial charge is 0.487 e. The zero-order valence-corrected chi connectivity index (χ0v) is 21.2. The van der Waals surface area contributed by atoms with Gasteiger partial charge in [-0.2, -0.15) is 13.2 Å². The number of ether oxygens (including phenoxy) is 1. The zero-order chi connectivity index (χ0) is 27.2. The van der Waals surface area contributed by atoms with E-state index in [-0.39, 0.29) is 54.7 Å². The van der Waals surface area contributed by atoms with Crippen LogP contribution in [0.4, 0.5) is 23.7 Å². The Hall–Kier alpha value is -3.02. The van der Waals surface area contributed by atoms with E-state index in [1.54, 1.807) is 14.0 Å². The number of alkyl halides is 3. The monoisotopic (exact) mass is 516 g/mol. The summed E-state index contributed by atoms with van der Waals surface area (Å²) in [7, 11) is 1.63. The molecule has 0 spiro atoms. The van der Waals surface area contributed by atoms with E-state index in [0.29, 0.717) is 0 Å². The van der Waals surface area contributed by atoms with Crippen LogP contribution in [0, 0.1) is 5.92 Å². The summed E-state index contributed by atoms with van der Waals surface area (Å²) >= 11 is 0. The first kappa shape index (κ1) is 29.2. The molecule has 1 heterocycles. The Morgan fingerprint density at radius 3 is 2.53 bits per heavy atom. The molecular formula is C24H35F3N4O5. The van der Waals surface area contributed by atoms with Gasteiger partial charge in [0.15, 0.2) is 0 Å². The molecule has 0 bridgehead atoms. The molecule has 3 atom stereocenters. The second-order valence-corrected chi connectivity index (χ2v) is 9.48. The van der Waals surface area contributed by atoms with E-state index in [0.717, 1.165) is 0 Å². The summed E-state index contributed by atoms with van der Waals surface area (Å²) in [5.41, 5.74) is 0.239. The molecule has 2 rings (SSSR count). The average Bonchev–Trinajstić information content (AvgIpc) is 2.78. The molecular weight excluding hydrogens is 481 g/mol. The molecule has 202 valence electrons. The number of rotatable bonds is 8. The first-order valence-corrected chi connectivity index (χ1v) is 11.8. The lowest BCUT2D eigenvalue weighted by atomic mass is 9.99. The minimum atomic E-state index is -4.46. The summed E-state index contributed by atoms with van der Waals surface area (Å²) in [5, 5.41) is 14.9. The van der Waals surface area contributed by atoms with Gasteiger partial charge in [-0.05, 0) is 39.0 Å². The Labute approximate surface area is 209 Å². The Balaban J connectivity index is 2.34. The van der Waals surface area contributed by atoms with Crippen LogP contribution >= 0.6 is 0 Å². The van der Waals surface area contributed by atoms with Crippen molar-refractivity contribution in [3.63, 3.8) is 0 Å². The Morgan fingerprint density at radius 1 is 1.28 bits per heavy atom. The number of benzene rings is 1. The number of aliphatic hydroxyl groups is 1. The van der Waals surface area contributed by atoms with Crippen LogP contribution in [0.15, 0.2) is 18.2 Å². The number of fused-ring (bicyclic) bond motifs is 1. The van der Waals surface area contributed by atoms with Gasteiger partial charge in [0.05, 0.1) is 31.2 Å². The molecule has 0 aliphatic carbocycles. The molecule has 36 heavy (non-hydrogen) atoms. The number of aliphatic hydroxyl groups excluding tert-OH is 1. The fraction of sp³-hybridized carbons (Fsp3) is 0.625. The highest BCUT2D eigenvalue weighted by Gasteiger charge is 2.34. The Bertz CT molecular complexity index is 941. The van der Waals surface area contributed by atoms with Gasteiger partial charge in [-0.3, -0.25) is 9.59 Å². The van der Waals surface area contributed by atoms with Gasteiger partial charge in [-0.25, -0.2) is 4.79 Å². The highest BCUT2D eigenvalue weighted by Crippen LogP contribution is 2.31. The van der Waals surface area contributed by atoms with Crippen LogP contribution < -0.4 is 15.4 Å². The maximum atomic E-state index is 13.4. The summed E-state index contributed by atoms with van der Waals surface area (Å²) in [4.78, 5) is 40.8. The van der Waals surface area contributed by atoms with E-state index in [4.69, 9.17) is 4.74 Å². The van der Waals surface area contributed by atoms with Crippen LogP contribution in [-0.2, 0) is 4.79 Å². The summed E-state index contributed by atoms with van der Waals surface area (Å²) in [6.07, 6.45) is -6.98. The number of hydrogen-bond acceptors (Lipinski definition) is 5. The van der Waals surface area contributed by atoms with Crippen molar-refractivity contribution in [1.82, 2.24) is 15.1 Å². The smallest absolute Gasteiger partial charge is 0.389 e. The lowest BCUT2D eigenvalue weighted by Crippen LogP contribution is -2.51. The number of carbonyl (C=O) groups is 3. The molecule has 4 amide bonds. The van der Waals surface area contributed by atoms with Gasteiger partial charge in [0.2, 0.25) is 5.91 Å². The summed E-state index contributed by atoms with van der Waals surface area (Å²) in [5.74, 6) is -1.30. The molecule has 1 aliphatic heterocycles. The number of likely N-dealkylation sites (N-methyl/N-ethyl adjacent to an activating group) is 1. The topological polar surface area (TPSA) is 111 Å². The highest BCUT2D eigenvalue weighted by atomic mass is 19.4. The predicted octanol–water partition coefficient (Wildman–Crippen LogP) is 3.24. The van der Waals surface area contributed by atoms with Crippen molar-refractivity contribution in [3.8, 4) is 5.75 Å². The molecule has 1 aromatic rings. The fourth-order valence-corrected chi connectivity index (χ4v) is 3.71. The van der Waals surface area contributed by atoms with E-state index in [9.17, 15) is 32.7 Å². The summed E-state index contributed by atoms with van der Waals surface area (Å²) in [6, 6.07) is 3.39. The third-order valence-electron chi connectivity index (χ3n) is 5.80. The van der Waals surface area contributed by atoms with Gasteiger partial charge in [0.1, 0.15) is 11.9 Å². The van der Waals surface area contributed by atoms with Crippen molar-refractivity contribution in [2.24, 2.45) is 5.92 Å². The first-order chi connectivity index (χ1) is 16.7. The minimum absolute atomic E-state index is 0.0559. The van der Waals surface area contributed by atoms with E-state index < -0.39 is 43.0 Å². The molecule has 0 radical (unpaired) electrons. The summed E-state index contributed by atoms with van der Waals surface area (Å²) < 4.78 is 43.5. The quantitative estimate of drug-likeness (QED) is 0.491. The van der Waals surface area contributed by atoms with E-state index >= 15 is 0 Å². The van der Waals surface area contributed by atoms with Gasteiger partial charge >= 0.3 is 12.2 Å². The predicted molar refractivity (Wildman–Crippen MR) is 128 cm³/mol. The molecule has 1 aliphatic rings. The average molecular weight is 517 g/mol. The SMILES string of the molecule is CC(C)NC(=O)N(C)C[C@H]1Oc2ccc(NC(=O)CCC(F)(F)F)cc2C(=O)N([C@H](C)CO)C[C@@H]1C. The third kappa shape index (κ3) is 8.28. The zero-order valence-electron chi connectivity index (χ0n) is 21.2. The van der Waals surface area contributed by atoms with Crippen LogP contribution in [0.3, 0.4) is 0 Å². The fourth-order valence-electron chi connectivity index (χ4n) is 3.71. The number of urea groups is 1. The highest BCUT2D eigenvalue weighted by molar-refractivity contribution is 5.99. The van der Waals surface area contributed by atoms with Crippen molar-refractivity contribution < 1.29 is 37.4 Å². The van der Waals surface area contributed by atoms with Crippen LogP contribution in [-0.4, -0.2) is 83.9 Å². The maximum absolute atomic E-state index is 13.4. The molecule has 0 saturated carbocycles. The lowest BCUT2D eigenvalue weighted by molar-refractivity contribution is -0.142. The van der Waals surface area contributed by atoms with Crippen LogP contribution in [0.1, 0.15) is 50.9 Å². The molecule has 0 fully saturated rings. The Kier molecular flexibility index (Phi) is 9.97. The Morgan fingerprint density at radius 2 is 1.94 bits per heavy atom. The number of nitrogens with zero attached hydrogens (tertiary/aromatic N) is 2. The molecule has 0 unspecified atom stereocenters. The second kappa shape index (κ2) is 12.3. The van der Waals surface area contributed by atoms with E-state index in [1.165, 1.54) is 28.0 Å². The van der Waals surface area contributed by atoms with Crippen molar-refractivity contribution in [2.45, 2.75) is 64.9 Å². The van der Waals surface area contributed by atoms with E-state index in [2.05, 4.69) is 10.6 Å². The number of amides is 4. The normalized spacial score (nSPS) is 19.1. The number of anilines is 1. The van der Waals surface area contributed by atoms with Crippen molar-refractivity contribution >= 4 is 23.5 Å². The van der Waals surface area contributed by atoms with Crippen LogP contribution in [0.25, 0.3) is 0 Å². The van der Waals surface area contributed by atoms with E-state index in [1.807, 2.05) is 20.8 Å². The lowest BCUT2D eigenvalue weighted by Gasteiger charge is -2.38. The second-order valence-electron chi connectivity index (χ2n) is 9.48. The number of halogens is 3. The van der Waals surface area contributed by atoms with Gasteiger partial charge < -0.3 is 30.3 Å². The molecule has 12 heteroatoms. The van der Waals surface area contributed by atoms with Gasteiger partial charge in [0, 0.05) is 37.7 Å². The molecule has 3 N–H and O–H groups in total. The third-order valence-corrected chi connectivity index (χ3v) is 5.80. The molecule has 0 aromatic heterocycles. The van der Waals surface area contributed by atoms with Crippen molar-refractivity contribution in [1.29, 1.82) is 0 Å². The number of carbonyl (C=O) groups excluding carboxylic acids is 3. The molecule has 1 aromatic carbocycles. The minimum Gasteiger partial charge on any atom is -0.487 e. The summed E-state index contributed by atoms with van der Waals surface area (Å²) in [6.45, 7) is 7.41. The van der Waals surface area contributed by atoms with Crippen LogP contribution in [0.2, 0.25) is 0 Å². The standard InChI is InChI=1S/C24H35F3N4O5/c1-14(2)28-23(35)30(5)12-20-15(3)11-31(16(4)13-32)22(34)18-10-17(6-7-19(18)36-20)29-21(33)8-9-24(25,26)27/h6-7,10,14-16,20,32H,8-9,11-13H2,1-5H3,(H,28,35)(H,29,33)/t15-,16+,20+/m0/s1. The van der Waals surface area contributed by atoms with Crippen LogP contribution in [0.5, 0.6) is 5.75 Å². The number of hydrogen-bond donors (Lipinski definition) is 3. The van der Waals surface area contributed by atoms with Crippen molar-refractivity contribution in [2.75, 3.05) is 32.1 Å². The molecule has 9 nitrogen and oxygen atoms in total. The first-order valence-electron chi connectivity index (χ1n) is 11.8. The molecule has 0 saturated heterocycles. The van der Waals surface area contributed by atoms with Gasteiger partial charge in [0.25, 0.3) is 5.91 Å². The van der Waals surface area contributed by atoms with Gasteiger partial charge in [-0.15, -0.1) is 0 Å². The van der Waals surface area contributed by atoms with Crippen molar-refractivity contribution in [3.05, 3.63) is 23.8 Å². The number of nitrogens with one attached hydrogen (secondary N) is 2. The maximum Gasteiger partial charge on any atom is 0.389 e. The van der Waals surface area contributed by atoms with Gasteiger partial charge in [-0.1, -0.05) is 6.92 Å².